The van der Waals surface area contributed by atoms with Gasteiger partial charge in [0.2, 0.25) is 0 Å². The first-order valence-electron chi connectivity index (χ1n) is 7.51. The molecule has 0 fully saturated rings. The second-order valence-electron chi connectivity index (χ2n) is 6.18. The molecule has 0 aliphatic heterocycles. The van der Waals surface area contributed by atoms with E-state index < -0.39 is 0 Å². The Morgan fingerprint density at radius 1 is 0.478 bits per heavy atom. The fraction of sp³-hybridized carbons (Fsp3) is 0.667. The van der Waals surface area contributed by atoms with Crippen LogP contribution in [0.5, 0.6) is 0 Å². The van der Waals surface area contributed by atoms with Crippen LogP contribution in [0.25, 0.3) is 0 Å². The van der Waals surface area contributed by atoms with Crippen LogP contribution in [0.15, 0.2) is 24.3 Å². The second kappa shape index (κ2) is 24.1. The molecule has 0 unspecified atom stereocenters. The van der Waals surface area contributed by atoms with Gasteiger partial charge in [0.05, 0.1) is 0 Å². The Hall–Kier alpha value is 2.08. The summed E-state index contributed by atoms with van der Waals surface area (Å²) in [6.07, 6.45) is 15.9. The molecule has 0 saturated carbocycles. The summed E-state index contributed by atoms with van der Waals surface area (Å²) in [7, 11) is 1.53. The Balaban J connectivity index is -0.000000115. The molecule has 1 aliphatic rings. The Labute approximate surface area is 173 Å². The van der Waals surface area contributed by atoms with Crippen LogP contribution in [0.3, 0.4) is 0 Å². The molecular formula is C18H40P4Zr-. The van der Waals surface area contributed by atoms with Crippen molar-refractivity contribution in [2.45, 2.75) is 0 Å². The monoisotopic (exact) mass is 470 g/mol. The third kappa shape index (κ3) is 40.2. The van der Waals surface area contributed by atoms with Crippen molar-refractivity contribution in [1.82, 2.24) is 0 Å². The van der Waals surface area contributed by atoms with Gasteiger partial charge in [-0.25, -0.2) is 0 Å². The topological polar surface area (TPSA) is 0 Å². The number of hydrogen-bond donors (Lipinski definition) is 0. The maximum Gasteiger partial charge on any atom is 0.00506 e. The SMILES string of the molecule is CP(C)CCP(C)C.CP(C)CCP(C)C.[CH3-].[CH]1C=CC=C1.[Zr]. The minimum atomic E-state index is 0. The van der Waals surface area contributed by atoms with Gasteiger partial charge in [-0.05, 0) is 78.0 Å². The molecule has 0 atom stereocenters. The molecule has 0 aromatic heterocycles. The molecule has 23 heavy (non-hydrogen) atoms. The zero-order chi connectivity index (χ0) is 16.7. The summed E-state index contributed by atoms with van der Waals surface area (Å²) in [5, 5.41) is 0. The summed E-state index contributed by atoms with van der Waals surface area (Å²) >= 11 is 0. The Morgan fingerprint density at radius 2 is 0.696 bits per heavy atom. The third-order valence-electron chi connectivity index (χ3n) is 2.54. The van der Waals surface area contributed by atoms with Crippen LogP contribution in [-0.2, 0) is 26.2 Å². The Kier molecular flexibility index (Phi) is 34.3. The van der Waals surface area contributed by atoms with Crippen LogP contribution in [0.4, 0.5) is 0 Å². The molecule has 0 heterocycles. The van der Waals surface area contributed by atoms with Gasteiger partial charge in [-0.15, -0.1) is 31.7 Å². The van der Waals surface area contributed by atoms with E-state index in [9.17, 15) is 0 Å². The van der Waals surface area contributed by atoms with E-state index in [-0.39, 0.29) is 33.6 Å². The molecule has 0 N–H and O–H groups in total. The number of allylic oxidation sites excluding steroid dienone is 4. The molecule has 5 heteroatoms. The van der Waals surface area contributed by atoms with Crippen LogP contribution in [0, 0.1) is 13.8 Å². The van der Waals surface area contributed by atoms with E-state index in [4.69, 9.17) is 0 Å². The zero-order valence-electron chi connectivity index (χ0n) is 17.0. The second-order valence-corrected chi connectivity index (χ2v) is 16.6. The smallest absolute Gasteiger partial charge is 0.00506 e. The predicted molar refractivity (Wildman–Crippen MR) is 124 cm³/mol. The molecule has 0 spiro atoms. The molecule has 1 aliphatic carbocycles. The van der Waals surface area contributed by atoms with Gasteiger partial charge < -0.3 is 7.43 Å². The summed E-state index contributed by atoms with van der Waals surface area (Å²) in [6.45, 7) is 18.8. The fourth-order valence-corrected chi connectivity index (χ4v) is 7.52. The summed E-state index contributed by atoms with van der Waals surface area (Å²) in [5.74, 6) is 0. The van der Waals surface area contributed by atoms with E-state index in [1.54, 1.807) is 0 Å². The van der Waals surface area contributed by atoms with Gasteiger partial charge >= 0.3 is 0 Å². The first-order chi connectivity index (χ1) is 9.75. The maximum atomic E-state index is 2.36. The van der Waals surface area contributed by atoms with Gasteiger partial charge in [-0.3, -0.25) is 0 Å². The first kappa shape index (κ1) is 32.7. The standard InChI is InChI=1S/2C6H16P2.C5H5.CH3.Zr/c2*1-7(2)5-6-8(3)4;1-2-4-5-3-1;;/h2*5-6H2,1-4H3;1-5H;1H3;/q;;;-1;. The normalized spacial score (nSPS) is 11.7. The zero-order valence-corrected chi connectivity index (χ0v) is 23.0. The summed E-state index contributed by atoms with van der Waals surface area (Å²) < 4.78 is 0. The molecular weight excluding hydrogens is 431 g/mol. The van der Waals surface area contributed by atoms with Crippen molar-refractivity contribution in [3.63, 3.8) is 0 Å². The quantitative estimate of drug-likeness (QED) is 0.299. The van der Waals surface area contributed by atoms with E-state index >= 15 is 0 Å². The largest absolute Gasteiger partial charge is 0.358 e. The Morgan fingerprint density at radius 3 is 0.783 bits per heavy atom. The first-order valence-corrected chi connectivity index (χ1v) is 17.2. The van der Waals surface area contributed by atoms with Gasteiger partial charge in [-0.2, -0.15) is 0 Å². The van der Waals surface area contributed by atoms with Crippen LogP contribution < -0.4 is 0 Å². The summed E-state index contributed by atoms with van der Waals surface area (Å²) in [4.78, 5) is 0. The van der Waals surface area contributed by atoms with Crippen molar-refractivity contribution in [2.75, 3.05) is 78.0 Å². The molecule has 1 rings (SSSR count). The van der Waals surface area contributed by atoms with Crippen molar-refractivity contribution in [3.05, 3.63) is 38.2 Å². The van der Waals surface area contributed by atoms with Gasteiger partial charge in [0.1, 0.15) is 0 Å². The molecule has 0 aromatic rings. The van der Waals surface area contributed by atoms with Crippen molar-refractivity contribution in [3.8, 4) is 0 Å². The molecule has 137 valence electrons. The predicted octanol–water partition coefficient (Wildman–Crippen LogP) is 6.70. The third-order valence-corrected chi connectivity index (χ3v) is 7.72. The van der Waals surface area contributed by atoms with Crippen molar-refractivity contribution in [1.29, 1.82) is 0 Å². The van der Waals surface area contributed by atoms with Gasteiger partial charge in [0.25, 0.3) is 0 Å². The van der Waals surface area contributed by atoms with Crippen LogP contribution in [-0.4, -0.2) is 78.0 Å². The Bertz CT molecular complexity index is 220. The molecule has 0 bridgehead atoms. The van der Waals surface area contributed by atoms with E-state index in [2.05, 4.69) is 53.3 Å². The van der Waals surface area contributed by atoms with Gasteiger partial charge in [0, 0.05) is 32.6 Å². The van der Waals surface area contributed by atoms with E-state index in [1.165, 1.54) is 24.6 Å². The van der Waals surface area contributed by atoms with Gasteiger partial charge in [0.15, 0.2) is 0 Å². The fourth-order valence-electron chi connectivity index (χ4n) is 1.12. The van der Waals surface area contributed by atoms with Crippen molar-refractivity contribution < 1.29 is 26.2 Å². The average Bonchev–Trinajstić information content (AvgIpc) is 2.93. The molecule has 0 aromatic carbocycles. The number of hydrogen-bond acceptors (Lipinski definition) is 0. The number of rotatable bonds is 6. The molecule has 0 amide bonds. The van der Waals surface area contributed by atoms with Gasteiger partial charge in [-0.1, -0.05) is 24.3 Å². The maximum absolute atomic E-state index is 2.36. The minimum Gasteiger partial charge on any atom is -0.358 e. The molecule has 0 saturated heterocycles. The molecule has 0 nitrogen and oxygen atoms in total. The van der Waals surface area contributed by atoms with Crippen LogP contribution >= 0.6 is 31.7 Å². The van der Waals surface area contributed by atoms with Crippen LogP contribution in [0.2, 0.25) is 0 Å². The average molecular weight is 472 g/mol. The summed E-state index contributed by atoms with van der Waals surface area (Å²) in [5.41, 5.74) is 0. The van der Waals surface area contributed by atoms with Crippen molar-refractivity contribution in [2.24, 2.45) is 0 Å². The summed E-state index contributed by atoms with van der Waals surface area (Å²) in [6, 6.07) is 0. The minimum absolute atomic E-state index is 0. The molecule has 1 radical (unpaired) electrons. The van der Waals surface area contributed by atoms with E-state index in [0.717, 1.165) is 0 Å². The van der Waals surface area contributed by atoms with Crippen LogP contribution in [0.1, 0.15) is 0 Å². The van der Waals surface area contributed by atoms with E-state index in [1.807, 2.05) is 30.7 Å². The van der Waals surface area contributed by atoms with E-state index in [0.29, 0.717) is 31.7 Å². The van der Waals surface area contributed by atoms with Crippen molar-refractivity contribution >= 4 is 31.7 Å².